The standard InChI is InChI=1S/C6H8ClNS.ClH/c1-2-6-8-5(3-7)4-9-6;/h4H,2-3H2,1H3;1H. The number of aromatic nitrogens is 1. The summed E-state index contributed by atoms with van der Waals surface area (Å²) in [7, 11) is 0. The van der Waals surface area contributed by atoms with Crippen molar-refractivity contribution in [2.75, 3.05) is 0 Å². The molecule has 0 unspecified atom stereocenters. The maximum Gasteiger partial charge on any atom is 0.0926 e. The van der Waals surface area contributed by atoms with Crippen molar-refractivity contribution in [1.29, 1.82) is 0 Å². The van der Waals surface area contributed by atoms with Crippen molar-refractivity contribution in [1.82, 2.24) is 4.98 Å². The predicted octanol–water partition coefficient (Wildman–Crippen LogP) is 2.87. The van der Waals surface area contributed by atoms with Gasteiger partial charge in [0.1, 0.15) is 0 Å². The Balaban J connectivity index is 0.000000810. The number of aryl methyl sites for hydroxylation is 1. The predicted molar refractivity (Wildman–Crippen MR) is 48.3 cm³/mol. The van der Waals surface area contributed by atoms with E-state index in [0.717, 1.165) is 12.1 Å². The van der Waals surface area contributed by atoms with Gasteiger partial charge in [-0.15, -0.1) is 35.3 Å². The summed E-state index contributed by atoms with van der Waals surface area (Å²) in [5.41, 5.74) is 0.999. The van der Waals surface area contributed by atoms with Crippen LogP contribution in [-0.2, 0) is 12.3 Å². The van der Waals surface area contributed by atoms with E-state index in [1.807, 2.05) is 5.38 Å². The molecule has 0 spiro atoms. The molecule has 0 radical (unpaired) electrons. The first-order valence-electron chi connectivity index (χ1n) is 2.86. The third-order valence-electron chi connectivity index (χ3n) is 1.04. The largest absolute Gasteiger partial charge is 0.245 e. The van der Waals surface area contributed by atoms with Crippen LogP contribution in [0.2, 0.25) is 0 Å². The Morgan fingerprint density at radius 3 is 2.70 bits per heavy atom. The summed E-state index contributed by atoms with van der Waals surface area (Å²) < 4.78 is 0. The lowest BCUT2D eigenvalue weighted by molar-refractivity contribution is 1.06. The average Bonchev–Trinajstić information content (AvgIpc) is 2.34. The number of rotatable bonds is 2. The van der Waals surface area contributed by atoms with Gasteiger partial charge in [-0.05, 0) is 6.42 Å². The molecule has 4 heteroatoms. The van der Waals surface area contributed by atoms with E-state index in [1.54, 1.807) is 11.3 Å². The van der Waals surface area contributed by atoms with Gasteiger partial charge in [0.25, 0.3) is 0 Å². The van der Waals surface area contributed by atoms with E-state index < -0.39 is 0 Å². The molecule has 1 nitrogen and oxygen atoms in total. The number of hydrogen-bond acceptors (Lipinski definition) is 2. The zero-order valence-electron chi connectivity index (χ0n) is 5.63. The van der Waals surface area contributed by atoms with Crippen molar-refractivity contribution in [3.8, 4) is 0 Å². The summed E-state index contributed by atoms with van der Waals surface area (Å²) in [6, 6.07) is 0. The van der Waals surface area contributed by atoms with Crippen molar-refractivity contribution >= 4 is 35.3 Å². The van der Waals surface area contributed by atoms with Crippen LogP contribution in [0.4, 0.5) is 0 Å². The first-order valence-corrected chi connectivity index (χ1v) is 4.27. The van der Waals surface area contributed by atoms with E-state index in [9.17, 15) is 0 Å². The SMILES string of the molecule is CCc1nc(CCl)cs1.Cl. The normalized spacial score (nSPS) is 9.00. The molecule has 1 aromatic heterocycles. The molecule has 1 rings (SSSR count). The molecule has 0 aliphatic carbocycles. The highest BCUT2D eigenvalue weighted by Gasteiger charge is 1.95. The van der Waals surface area contributed by atoms with Gasteiger partial charge in [0, 0.05) is 5.38 Å². The van der Waals surface area contributed by atoms with E-state index >= 15 is 0 Å². The van der Waals surface area contributed by atoms with E-state index in [1.165, 1.54) is 5.01 Å². The van der Waals surface area contributed by atoms with Gasteiger partial charge in [-0.1, -0.05) is 6.92 Å². The van der Waals surface area contributed by atoms with Gasteiger partial charge in [0.15, 0.2) is 0 Å². The van der Waals surface area contributed by atoms with Crippen LogP contribution in [0.25, 0.3) is 0 Å². The Bertz CT molecular complexity index is 169. The quantitative estimate of drug-likeness (QED) is 0.666. The van der Waals surface area contributed by atoms with Gasteiger partial charge < -0.3 is 0 Å². The minimum Gasteiger partial charge on any atom is -0.245 e. The Labute approximate surface area is 75.8 Å². The van der Waals surface area contributed by atoms with E-state index in [4.69, 9.17) is 11.6 Å². The first kappa shape index (κ1) is 10.2. The van der Waals surface area contributed by atoms with Gasteiger partial charge >= 0.3 is 0 Å². The number of nitrogens with zero attached hydrogens (tertiary/aromatic N) is 1. The summed E-state index contributed by atoms with van der Waals surface area (Å²) in [6.07, 6.45) is 1.02. The Hall–Kier alpha value is 0.210. The van der Waals surface area contributed by atoms with Gasteiger partial charge in [-0.25, -0.2) is 4.98 Å². The van der Waals surface area contributed by atoms with Crippen LogP contribution in [0.1, 0.15) is 17.6 Å². The Kier molecular flexibility index (Phi) is 5.04. The molecule has 0 amide bonds. The minimum absolute atomic E-state index is 0. The van der Waals surface area contributed by atoms with Gasteiger partial charge in [0.05, 0.1) is 16.6 Å². The topological polar surface area (TPSA) is 12.9 Å². The van der Waals surface area contributed by atoms with E-state index in [-0.39, 0.29) is 12.4 Å². The molecule has 0 saturated carbocycles. The van der Waals surface area contributed by atoms with Crippen molar-refractivity contribution in [3.63, 3.8) is 0 Å². The zero-order chi connectivity index (χ0) is 6.69. The third kappa shape index (κ3) is 2.45. The molecule has 0 aromatic carbocycles. The fraction of sp³-hybridized carbons (Fsp3) is 0.500. The molecule has 1 aromatic rings. The molecular formula is C6H9Cl2NS. The van der Waals surface area contributed by atoms with Gasteiger partial charge in [-0.2, -0.15) is 0 Å². The molecule has 0 aliphatic rings. The van der Waals surface area contributed by atoms with Gasteiger partial charge in [0.2, 0.25) is 0 Å². The lowest BCUT2D eigenvalue weighted by Crippen LogP contribution is -1.79. The van der Waals surface area contributed by atoms with Gasteiger partial charge in [-0.3, -0.25) is 0 Å². The van der Waals surface area contributed by atoms with Crippen molar-refractivity contribution in [2.24, 2.45) is 0 Å². The molecular weight excluding hydrogens is 189 g/mol. The molecule has 10 heavy (non-hydrogen) atoms. The minimum atomic E-state index is 0. The fourth-order valence-electron chi connectivity index (χ4n) is 0.573. The lowest BCUT2D eigenvalue weighted by atomic mass is 10.5. The molecule has 58 valence electrons. The monoisotopic (exact) mass is 197 g/mol. The second-order valence-corrected chi connectivity index (χ2v) is 2.93. The number of hydrogen-bond donors (Lipinski definition) is 0. The van der Waals surface area contributed by atoms with Crippen molar-refractivity contribution in [2.45, 2.75) is 19.2 Å². The molecule has 0 atom stereocenters. The number of halogens is 2. The summed E-state index contributed by atoms with van der Waals surface area (Å²) in [5, 5.41) is 3.18. The van der Waals surface area contributed by atoms with Crippen LogP contribution in [0.3, 0.4) is 0 Å². The number of alkyl halides is 1. The van der Waals surface area contributed by atoms with Crippen LogP contribution >= 0.6 is 35.3 Å². The summed E-state index contributed by atoms with van der Waals surface area (Å²) in [4.78, 5) is 4.23. The highest BCUT2D eigenvalue weighted by Crippen LogP contribution is 2.11. The summed E-state index contributed by atoms with van der Waals surface area (Å²) >= 11 is 7.22. The zero-order valence-corrected chi connectivity index (χ0v) is 8.02. The van der Waals surface area contributed by atoms with Crippen LogP contribution in [0, 0.1) is 0 Å². The van der Waals surface area contributed by atoms with Crippen LogP contribution in [0.15, 0.2) is 5.38 Å². The Morgan fingerprint density at radius 1 is 1.70 bits per heavy atom. The molecule has 0 saturated heterocycles. The molecule has 0 fully saturated rings. The van der Waals surface area contributed by atoms with Crippen LogP contribution in [0.5, 0.6) is 0 Å². The molecule has 1 heterocycles. The highest BCUT2D eigenvalue weighted by molar-refractivity contribution is 7.09. The summed E-state index contributed by atoms with van der Waals surface area (Å²) in [5.74, 6) is 0.538. The maximum atomic E-state index is 5.54. The first-order chi connectivity index (χ1) is 4.36. The highest BCUT2D eigenvalue weighted by atomic mass is 35.5. The van der Waals surface area contributed by atoms with Crippen molar-refractivity contribution < 1.29 is 0 Å². The summed E-state index contributed by atoms with van der Waals surface area (Å²) in [6.45, 7) is 2.09. The third-order valence-corrected chi connectivity index (χ3v) is 2.35. The van der Waals surface area contributed by atoms with E-state index in [0.29, 0.717) is 5.88 Å². The second kappa shape index (κ2) is 4.94. The Morgan fingerprint density at radius 2 is 2.40 bits per heavy atom. The number of thiazole rings is 1. The lowest BCUT2D eigenvalue weighted by Gasteiger charge is -1.82. The second-order valence-electron chi connectivity index (χ2n) is 1.72. The smallest absolute Gasteiger partial charge is 0.0926 e. The average molecular weight is 198 g/mol. The fourth-order valence-corrected chi connectivity index (χ4v) is 1.55. The molecule has 0 aliphatic heterocycles. The maximum absolute atomic E-state index is 5.54. The van der Waals surface area contributed by atoms with E-state index in [2.05, 4.69) is 11.9 Å². The van der Waals surface area contributed by atoms with Crippen molar-refractivity contribution in [3.05, 3.63) is 16.1 Å². The molecule has 0 bridgehead atoms. The molecule has 0 N–H and O–H groups in total. The van der Waals surface area contributed by atoms with Crippen LogP contribution in [-0.4, -0.2) is 4.98 Å². The van der Waals surface area contributed by atoms with Crippen LogP contribution < -0.4 is 0 Å².